The zero-order valence-electron chi connectivity index (χ0n) is 9.08. The molecule has 2 aromatic rings. The summed E-state index contributed by atoms with van der Waals surface area (Å²) in [7, 11) is 0. The molecule has 0 bridgehead atoms. The number of carbonyl (C=O) groups excluding carboxylic acids is 1. The highest BCUT2D eigenvalue weighted by Gasteiger charge is 2.09. The highest BCUT2D eigenvalue weighted by molar-refractivity contribution is 5.91. The second-order valence-electron chi connectivity index (χ2n) is 3.68. The van der Waals surface area contributed by atoms with Gasteiger partial charge in [0.15, 0.2) is 11.5 Å². The number of furan rings is 1. The van der Waals surface area contributed by atoms with Gasteiger partial charge in [0, 0.05) is 12.5 Å². The molecule has 0 spiro atoms. The van der Waals surface area contributed by atoms with Gasteiger partial charge in [0.1, 0.15) is 11.6 Å². The maximum Gasteiger partial charge on any atom is 0.194 e. The predicted octanol–water partition coefficient (Wildman–Crippen LogP) is 3.60. The molecular weight excluding hydrogens is 207 g/mol. The van der Waals surface area contributed by atoms with Crippen LogP contribution in [-0.4, -0.2) is 5.78 Å². The van der Waals surface area contributed by atoms with Crippen LogP contribution >= 0.6 is 0 Å². The summed E-state index contributed by atoms with van der Waals surface area (Å²) in [6, 6.07) is 8.05. The summed E-state index contributed by atoms with van der Waals surface area (Å²) in [6.45, 7) is 3.13. The minimum absolute atomic E-state index is 0.120. The summed E-state index contributed by atoms with van der Waals surface area (Å²) in [5.74, 6) is 0.525. The molecule has 1 aromatic heterocycles. The third-order valence-electron chi connectivity index (χ3n) is 2.40. The first-order valence-electron chi connectivity index (χ1n) is 4.95. The zero-order chi connectivity index (χ0) is 11.7. The Hall–Kier alpha value is -1.90. The minimum Gasteiger partial charge on any atom is -0.453 e. The molecule has 0 atom stereocenters. The molecule has 2 rings (SSSR count). The van der Waals surface area contributed by atoms with Crippen LogP contribution in [0.25, 0.3) is 11.3 Å². The van der Waals surface area contributed by atoms with E-state index < -0.39 is 0 Å². The van der Waals surface area contributed by atoms with E-state index >= 15 is 0 Å². The SMILES string of the molecule is CC(=O)c1ccc(-c2ccc(F)c(C)c2)o1. The molecule has 82 valence electrons. The molecule has 1 aromatic carbocycles. The molecule has 0 N–H and O–H groups in total. The van der Waals surface area contributed by atoms with E-state index in [9.17, 15) is 9.18 Å². The lowest BCUT2D eigenvalue weighted by atomic mass is 10.1. The molecular formula is C13H11FO2. The minimum atomic E-state index is -0.248. The fraction of sp³-hybridized carbons (Fsp3) is 0.154. The van der Waals surface area contributed by atoms with Crippen molar-refractivity contribution in [2.45, 2.75) is 13.8 Å². The van der Waals surface area contributed by atoms with Crippen LogP contribution in [0.2, 0.25) is 0 Å². The third-order valence-corrected chi connectivity index (χ3v) is 2.40. The van der Waals surface area contributed by atoms with Crippen LogP contribution in [0.3, 0.4) is 0 Å². The van der Waals surface area contributed by atoms with Crippen molar-refractivity contribution in [1.29, 1.82) is 0 Å². The van der Waals surface area contributed by atoms with Gasteiger partial charge in [-0.2, -0.15) is 0 Å². The number of carbonyl (C=O) groups is 1. The van der Waals surface area contributed by atoms with Gasteiger partial charge in [-0.15, -0.1) is 0 Å². The van der Waals surface area contributed by atoms with Gasteiger partial charge < -0.3 is 4.42 Å². The molecule has 1 heterocycles. The quantitative estimate of drug-likeness (QED) is 0.721. The lowest BCUT2D eigenvalue weighted by Gasteiger charge is -2.00. The van der Waals surface area contributed by atoms with Crippen LogP contribution in [0.5, 0.6) is 0 Å². The van der Waals surface area contributed by atoms with E-state index in [2.05, 4.69) is 0 Å². The number of rotatable bonds is 2. The van der Waals surface area contributed by atoms with Crippen molar-refractivity contribution < 1.29 is 13.6 Å². The van der Waals surface area contributed by atoms with Crippen molar-refractivity contribution in [1.82, 2.24) is 0 Å². The molecule has 0 amide bonds. The lowest BCUT2D eigenvalue weighted by molar-refractivity contribution is 0.0988. The first kappa shape index (κ1) is 10.6. The van der Waals surface area contributed by atoms with Gasteiger partial charge in [-0.05, 0) is 42.8 Å². The average Bonchev–Trinajstić information content (AvgIpc) is 2.71. The van der Waals surface area contributed by atoms with Crippen molar-refractivity contribution in [3.8, 4) is 11.3 Å². The second-order valence-corrected chi connectivity index (χ2v) is 3.68. The standard InChI is InChI=1S/C13H11FO2/c1-8-7-10(3-4-11(8)14)13-6-5-12(16-13)9(2)15/h3-7H,1-2H3. The summed E-state index contributed by atoms with van der Waals surface area (Å²) < 4.78 is 18.4. The summed E-state index contributed by atoms with van der Waals surface area (Å²) in [4.78, 5) is 11.1. The molecule has 2 nitrogen and oxygen atoms in total. The third kappa shape index (κ3) is 1.89. The molecule has 3 heteroatoms. The highest BCUT2D eigenvalue weighted by Crippen LogP contribution is 2.24. The highest BCUT2D eigenvalue weighted by atomic mass is 19.1. The lowest BCUT2D eigenvalue weighted by Crippen LogP contribution is -1.86. The van der Waals surface area contributed by atoms with Crippen LogP contribution in [0.1, 0.15) is 23.0 Å². The summed E-state index contributed by atoms with van der Waals surface area (Å²) in [5.41, 5.74) is 1.32. The fourth-order valence-electron chi connectivity index (χ4n) is 1.48. The average molecular weight is 218 g/mol. The number of Topliss-reactive ketones (excluding diaryl/α,β-unsaturated/α-hetero) is 1. The second kappa shape index (κ2) is 3.93. The van der Waals surface area contributed by atoms with E-state index in [1.54, 1.807) is 31.2 Å². The van der Waals surface area contributed by atoms with Crippen molar-refractivity contribution in [3.63, 3.8) is 0 Å². The van der Waals surface area contributed by atoms with Gasteiger partial charge >= 0.3 is 0 Å². The van der Waals surface area contributed by atoms with E-state index in [1.165, 1.54) is 13.0 Å². The Kier molecular flexibility index (Phi) is 2.60. The number of aryl methyl sites for hydroxylation is 1. The van der Waals surface area contributed by atoms with E-state index in [-0.39, 0.29) is 11.6 Å². The van der Waals surface area contributed by atoms with Crippen LogP contribution in [0.15, 0.2) is 34.7 Å². The van der Waals surface area contributed by atoms with Crippen molar-refractivity contribution in [2.75, 3.05) is 0 Å². The first-order chi connectivity index (χ1) is 7.58. The number of benzene rings is 1. The predicted molar refractivity (Wildman–Crippen MR) is 58.8 cm³/mol. The van der Waals surface area contributed by atoms with Crippen LogP contribution in [-0.2, 0) is 0 Å². The van der Waals surface area contributed by atoms with Crippen LogP contribution < -0.4 is 0 Å². The van der Waals surface area contributed by atoms with Gasteiger partial charge in [0.25, 0.3) is 0 Å². The molecule has 0 aliphatic carbocycles. The Balaban J connectivity index is 2.42. The van der Waals surface area contributed by atoms with Gasteiger partial charge in [-0.25, -0.2) is 4.39 Å². The molecule has 0 radical (unpaired) electrons. The van der Waals surface area contributed by atoms with Gasteiger partial charge in [-0.1, -0.05) is 0 Å². The van der Waals surface area contributed by atoms with Crippen molar-refractivity contribution >= 4 is 5.78 Å². The monoisotopic (exact) mass is 218 g/mol. The number of halogens is 1. The first-order valence-corrected chi connectivity index (χ1v) is 4.95. The van der Waals surface area contributed by atoms with E-state index in [0.29, 0.717) is 17.1 Å². The van der Waals surface area contributed by atoms with Crippen molar-refractivity contribution in [3.05, 3.63) is 47.5 Å². The van der Waals surface area contributed by atoms with E-state index in [1.807, 2.05) is 0 Å². The molecule has 0 fully saturated rings. The fourth-order valence-corrected chi connectivity index (χ4v) is 1.48. The molecule has 0 aliphatic heterocycles. The Morgan fingerprint density at radius 3 is 2.56 bits per heavy atom. The molecule has 0 saturated heterocycles. The Morgan fingerprint density at radius 2 is 2.00 bits per heavy atom. The molecule has 16 heavy (non-hydrogen) atoms. The Bertz CT molecular complexity index is 541. The van der Waals surface area contributed by atoms with Gasteiger partial charge in [0.05, 0.1) is 0 Å². The summed E-state index contributed by atoms with van der Waals surface area (Å²) >= 11 is 0. The smallest absolute Gasteiger partial charge is 0.194 e. The topological polar surface area (TPSA) is 30.2 Å². The number of hydrogen-bond acceptors (Lipinski definition) is 2. The normalized spacial score (nSPS) is 10.4. The van der Waals surface area contributed by atoms with Gasteiger partial charge in [0.2, 0.25) is 0 Å². The number of hydrogen-bond donors (Lipinski definition) is 0. The molecule has 0 saturated carbocycles. The van der Waals surface area contributed by atoms with Gasteiger partial charge in [-0.3, -0.25) is 4.79 Å². The molecule has 0 aliphatic rings. The summed E-state index contributed by atoms with van der Waals surface area (Å²) in [5, 5.41) is 0. The summed E-state index contributed by atoms with van der Waals surface area (Å²) in [6.07, 6.45) is 0. The van der Waals surface area contributed by atoms with Crippen molar-refractivity contribution in [2.24, 2.45) is 0 Å². The maximum absolute atomic E-state index is 13.1. The maximum atomic E-state index is 13.1. The van der Waals surface area contributed by atoms with Crippen LogP contribution in [0.4, 0.5) is 4.39 Å². The Morgan fingerprint density at radius 1 is 1.25 bits per heavy atom. The Labute approximate surface area is 92.7 Å². The zero-order valence-corrected chi connectivity index (χ0v) is 9.08. The largest absolute Gasteiger partial charge is 0.453 e. The van der Waals surface area contributed by atoms with E-state index in [4.69, 9.17) is 4.42 Å². The van der Waals surface area contributed by atoms with Crippen LogP contribution in [0, 0.1) is 12.7 Å². The molecule has 0 unspecified atom stereocenters. The van der Waals surface area contributed by atoms with E-state index in [0.717, 1.165) is 5.56 Å². The number of ketones is 1.